The van der Waals surface area contributed by atoms with Crippen LogP contribution in [-0.4, -0.2) is 39.0 Å². The number of rotatable bonds is 3. The predicted molar refractivity (Wildman–Crippen MR) is 87.5 cm³/mol. The van der Waals surface area contributed by atoms with Gasteiger partial charge in [0.05, 0.1) is 0 Å². The van der Waals surface area contributed by atoms with Gasteiger partial charge in [0.15, 0.2) is 0 Å². The first-order valence-electron chi connectivity index (χ1n) is 7.15. The molecule has 5 nitrogen and oxygen atoms in total. The van der Waals surface area contributed by atoms with Crippen molar-refractivity contribution in [3.63, 3.8) is 0 Å². The number of carboxylic acids is 1. The molecule has 6 heteroatoms. The van der Waals surface area contributed by atoms with Gasteiger partial charge in [-0.15, -0.1) is 0 Å². The molecule has 1 atom stereocenters. The molecule has 1 saturated heterocycles. The average Bonchev–Trinajstić information content (AvgIpc) is 3.10. The number of hydrogen-bond donors (Lipinski definition) is 3. The Kier molecular flexibility index (Phi) is 3.64. The number of aliphatic carboxylic acids is 1. The van der Waals surface area contributed by atoms with Gasteiger partial charge in [-0.1, -0.05) is 6.07 Å². The average molecular weight is 318 g/mol. The predicted octanol–water partition coefficient (Wildman–Crippen LogP) is 2.47. The molecule has 2 heterocycles. The number of aryl methyl sites for hydroxylation is 2. The van der Waals surface area contributed by atoms with Crippen LogP contribution < -0.4 is 5.32 Å². The second kappa shape index (κ2) is 5.35. The van der Waals surface area contributed by atoms with Crippen LogP contribution in [0.15, 0.2) is 18.2 Å². The largest absolute Gasteiger partial charge is 0.479 e. The van der Waals surface area contributed by atoms with Crippen molar-refractivity contribution < 1.29 is 14.7 Å². The fourth-order valence-electron chi connectivity index (χ4n) is 2.75. The minimum atomic E-state index is -1.15. The van der Waals surface area contributed by atoms with Crippen LogP contribution >= 0.6 is 11.8 Å². The van der Waals surface area contributed by atoms with Crippen LogP contribution in [-0.2, 0) is 4.79 Å². The van der Waals surface area contributed by atoms with Gasteiger partial charge < -0.3 is 15.4 Å². The summed E-state index contributed by atoms with van der Waals surface area (Å²) in [6.45, 7) is 4.04. The molecule has 0 aliphatic carbocycles. The Morgan fingerprint density at radius 2 is 2.14 bits per heavy atom. The summed E-state index contributed by atoms with van der Waals surface area (Å²) in [7, 11) is 0. The van der Waals surface area contributed by atoms with Crippen LogP contribution in [0.3, 0.4) is 0 Å². The van der Waals surface area contributed by atoms with Crippen molar-refractivity contribution >= 4 is 34.5 Å². The summed E-state index contributed by atoms with van der Waals surface area (Å²) >= 11 is 1.55. The maximum Gasteiger partial charge on any atom is 0.330 e. The van der Waals surface area contributed by atoms with E-state index in [0.29, 0.717) is 17.9 Å². The van der Waals surface area contributed by atoms with Crippen molar-refractivity contribution in [1.82, 2.24) is 10.3 Å². The molecule has 116 valence electrons. The maximum atomic E-state index is 12.5. The Balaban J connectivity index is 1.92. The third-order valence-electron chi connectivity index (χ3n) is 4.37. The van der Waals surface area contributed by atoms with Crippen molar-refractivity contribution in [3.05, 3.63) is 35.0 Å². The van der Waals surface area contributed by atoms with Crippen LogP contribution in [0.5, 0.6) is 0 Å². The first-order valence-corrected chi connectivity index (χ1v) is 8.31. The highest BCUT2D eigenvalue weighted by Gasteiger charge is 2.43. The Labute approximate surface area is 132 Å². The van der Waals surface area contributed by atoms with Crippen molar-refractivity contribution in [1.29, 1.82) is 0 Å². The highest BCUT2D eigenvalue weighted by Crippen LogP contribution is 2.29. The highest BCUT2D eigenvalue weighted by molar-refractivity contribution is 7.99. The number of amides is 1. The normalized spacial score (nSPS) is 21.2. The maximum absolute atomic E-state index is 12.5. The molecule has 2 aromatic rings. The van der Waals surface area contributed by atoms with Crippen molar-refractivity contribution in [2.45, 2.75) is 25.8 Å². The number of aromatic amines is 1. The molecule has 0 spiro atoms. The number of hydrogen-bond acceptors (Lipinski definition) is 3. The molecule has 1 aromatic heterocycles. The van der Waals surface area contributed by atoms with Gasteiger partial charge in [-0.25, -0.2) is 4.79 Å². The fourth-order valence-corrected chi connectivity index (χ4v) is 4.08. The molecule has 3 N–H and O–H groups in total. The second-order valence-electron chi connectivity index (χ2n) is 5.80. The lowest BCUT2D eigenvalue weighted by Crippen LogP contribution is -2.54. The zero-order chi connectivity index (χ0) is 15.9. The number of benzene rings is 1. The quantitative estimate of drug-likeness (QED) is 0.812. The van der Waals surface area contributed by atoms with Gasteiger partial charge >= 0.3 is 5.97 Å². The number of carboxylic acid groups (broad SMARTS) is 1. The van der Waals surface area contributed by atoms with Gasteiger partial charge in [-0.3, -0.25) is 4.79 Å². The summed E-state index contributed by atoms with van der Waals surface area (Å²) in [6, 6.07) is 5.74. The SMILES string of the molecule is Cc1ccc2[nH]c(C(=O)NC3(C(=O)O)CCSC3)cc2c1C. The summed E-state index contributed by atoms with van der Waals surface area (Å²) in [6.07, 6.45) is 0.455. The first-order chi connectivity index (χ1) is 10.4. The number of nitrogens with one attached hydrogen (secondary N) is 2. The molecular formula is C16H18N2O3S. The number of aromatic nitrogens is 1. The van der Waals surface area contributed by atoms with Gasteiger partial charge in [0.2, 0.25) is 0 Å². The molecule has 0 bridgehead atoms. The molecule has 1 aromatic carbocycles. The van der Waals surface area contributed by atoms with E-state index in [9.17, 15) is 14.7 Å². The third kappa shape index (κ3) is 2.37. The van der Waals surface area contributed by atoms with Crippen LogP contribution in [0.4, 0.5) is 0 Å². The van der Waals surface area contributed by atoms with E-state index in [1.165, 1.54) is 0 Å². The first kappa shape index (κ1) is 15.0. The Hall–Kier alpha value is -1.95. The van der Waals surface area contributed by atoms with E-state index < -0.39 is 11.5 Å². The minimum Gasteiger partial charge on any atom is -0.479 e. The molecule has 1 aliphatic heterocycles. The highest BCUT2D eigenvalue weighted by atomic mass is 32.2. The van der Waals surface area contributed by atoms with Gasteiger partial charge in [0.1, 0.15) is 11.2 Å². The molecule has 1 fully saturated rings. The van der Waals surface area contributed by atoms with E-state index in [2.05, 4.69) is 10.3 Å². The van der Waals surface area contributed by atoms with Gasteiger partial charge in [0, 0.05) is 16.7 Å². The summed E-state index contributed by atoms with van der Waals surface area (Å²) in [4.78, 5) is 27.1. The molecule has 1 aliphatic rings. The molecule has 0 saturated carbocycles. The van der Waals surface area contributed by atoms with Gasteiger partial charge in [-0.05, 0) is 49.3 Å². The smallest absolute Gasteiger partial charge is 0.330 e. The van der Waals surface area contributed by atoms with E-state index in [-0.39, 0.29) is 5.91 Å². The summed E-state index contributed by atoms with van der Waals surface area (Å²) < 4.78 is 0. The van der Waals surface area contributed by atoms with Crippen molar-refractivity contribution in [2.75, 3.05) is 11.5 Å². The lowest BCUT2D eigenvalue weighted by Gasteiger charge is -2.24. The van der Waals surface area contributed by atoms with E-state index in [0.717, 1.165) is 27.8 Å². The standard InChI is InChI=1S/C16H18N2O3S/c1-9-3-4-12-11(10(9)2)7-13(17-12)14(19)18-16(15(20)21)5-6-22-8-16/h3-4,7,17H,5-6,8H2,1-2H3,(H,18,19)(H,20,21). The Morgan fingerprint density at radius 3 is 2.77 bits per heavy atom. The van der Waals surface area contributed by atoms with E-state index >= 15 is 0 Å². The second-order valence-corrected chi connectivity index (χ2v) is 6.90. The molecule has 1 amide bonds. The molecule has 1 unspecified atom stereocenters. The summed E-state index contributed by atoms with van der Waals surface area (Å²) in [5, 5.41) is 13.1. The summed E-state index contributed by atoms with van der Waals surface area (Å²) in [5.74, 6) is -0.170. The fraction of sp³-hybridized carbons (Fsp3) is 0.375. The zero-order valence-corrected chi connectivity index (χ0v) is 13.3. The van der Waals surface area contributed by atoms with Crippen LogP contribution in [0.2, 0.25) is 0 Å². The Morgan fingerprint density at radius 1 is 1.36 bits per heavy atom. The van der Waals surface area contributed by atoms with E-state index in [1.807, 2.05) is 26.0 Å². The van der Waals surface area contributed by atoms with Crippen molar-refractivity contribution in [3.8, 4) is 0 Å². The summed E-state index contributed by atoms with van der Waals surface area (Å²) in [5.41, 5.74) is 2.42. The van der Waals surface area contributed by atoms with Crippen LogP contribution in [0.25, 0.3) is 10.9 Å². The topological polar surface area (TPSA) is 82.2 Å². The lowest BCUT2D eigenvalue weighted by atomic mass is 9.99. The number of fused-ring (bicyclic) bond motifs is 1. The monoisotopic (exact) mass is 318 g/mol. The molecule has 22 heavy (non-hydrogen) atoms. The van der Waals surface area contributed by atoms with Crippen molar-refractivity contribution in [2.24, 2.45) is 0 Å². The number of carbonyl (C=O) groups excluding carboxylic acids is 1. The van der Waals surface area contributed by atoms with Crippen LogP contribution in [0, 0.1) is 13.8 Å². The number of H-pyrrole nitrogens is 1. The number of thioether (sulfide) groups is 1. The Bertz CT molecular complexity index is 760. The lowest BCUT2D eigenvalue weighted by molar-refractivity contribution is -0.143. The third-order valence-corrected chi connectivity index (χ3v) is 5.56. The van der Waals surface area contributed by atoms with E-state index in [1.54, 1.807) is 17.8 Å². The minimum absolute atomic E-state index is 0.363. The molecule has 3 rings (SSSR count). The van der Waals surface area contributed by atoms with E-state index in [4.69, 9.17) is 0 Å². The van der Waals surface area contributed by atoms with Gasteiger partial charge in [-0.2, -0.15) is 11.8 Å². The zero-order valence-electron chi connectivity index (χ0n) is 12.5. The van der Waals surface area contributed by atoms with Gasteiger partial charge in [0.25, 0.3) is 5.91 Å². The van der Waals surface area contributed by atoms with Crippen LogP contribution in [0.1, 0.15) is 28.0 Å². The number of carbonyl (C=O) groups is 2. The molecule has 0 radical (unpaired) electrons. The molecular weight excluding hydrogens is 300 g/mol.